The van der Waals surface area contributed by atoms with Crippen LogP contribution in [0.15, 0.2) is 30.3 Å². The van der Waals surface area contributed by atoms with Crippen molar-refractivity contribution >= 4 is 17.0 Å². The number of rotatable bonds is 1. The van der Waals surface area contributed by atoms with Crippen molar-refractivity contribution in [1.82, 2.24) is 9.55 Å². The highest BCUT2D eigenvalue weighted by Gasteiger charge is 2.18. The zero-order chi connectivity index (χ0) is 14.6. The summed E-state index contributed by atoms with van der Waals surface area (Å²) < 4.78 is 39.2. The molecule has 0 radical (unpaired) electrons. The van der Waals surface area contributed by atoms with E-state index in [0.29, 0.717) is 17.2 Å². The van der Waals surface area contributed by atoms with Crippen LogP contribution in [-0.2, 0) is 0 Å². The van der Waals surface area contributed by atoms with Gasteiger partial charge in [-0.2, -0.15) is 0 Å². The van der Waals surface area contributed by atoms with E-state index in [4.69, 9.17) is 15.2 Å². The molecule has 5 nitrogen and oxygen atoms in total. The van der Waals surface area contributed by atoms with Gasteiger partial charge in [0.05, 0.1) is 11.2 Å². The van der Waals surface area contributed by atoms with Crippen molar-refractivity contribution in [2.45, 2.75) is 0 Å². The van der Waals surface area contributed by atoms with Crippen LogP contribution in [-0.4, -0.2) is 16.3 Å². The number of nitrogen functional groups attached to an aromatic ring is 1. The second-order valence-electron chi connectivity index (χ2n) is 4.60. The summed E-state index contributed by atoms with van der Waals surface area (Å²) in [6.45, 7) is 0.141. The lowest BCUT2D eigenvalue weighted by Crippen LogP contribution is -2.00. The Morgan fingerprint density at radius 3 is 2.76 bits per heavy atom. The van der Waals surface area contributed by atoms with E-state index < -0.39 is 11.6 Å². The minimum atomic E-state index is -0.754. The van der Waals surface area contributed by atoms with Crippen LogP contribution in [0.25, 0.3) is 16.7 Å². The Kier molecular flexibility index (Phi) is 2.32. The van der Waals surface area contributed by atoms with Gasteiger partial charge in [-0.25, -0.2) is 13.8 Å². The third kappa shape index (κ3) is 1.70. The highest BCUT2D eigenvalue weighted by molar-refractivity contribution is 5.81. The molecule has 0 bridgehead atoms. The number of ether oxygens (including phenoxy) is 2. The second-order valence-corrected chi connectivity index (χ2v) is 4.60. The number of hydrogen-bond acceptors (Lipinski definition) is 4. The highest BCUT2D eigenvalue weighted by atomic mass is 19.1. The molecule has 7 heteroatoms. The van der Waals surface area contributed by atoms with Gasteiger partial charge in [0.2, 0.25) is 12.7 Å². The number of aromatic nitrogens is 2. The number of halogens is 2. The standard InChI is InChI=1S/C14H9F2N3O2/c15-7-3-9(16)13-10(4-7)19(14(17)18-13)8-1-2-11-12(5-8)21-6-20-11/h1-5H,6H2,(H2,17,18). The van der Waals surface area contributed by atoms with E-state index in [9.17, 15) is 8.78 Å². The van der Waals surface area contributed by atoms with Crippen LogP contribution in [0.1, 0.15) is 0 Å². The van der Waals surface area contributed by atoms with Gasteiger partial charge in [-0.05, 0) is 12.1 Å². The normalized spacial score (nSPS) is 13.0. The molecule has 0 aliphatic carbocycles. The molecule has 0 amide bonds. The lowest BCUT2D eigenvalue weighted by atomic mass is 10.2. The van der Waals surface area contributed by atoms with Gasteiger partial charge in [0.1, 0.15) is 11.3 Å². The van der Waals surface area contributed by atoms with E-state index in [0.717, 1.165) is 6.07 Å². The van der Waals surface area contributed by atoms with Gasteiger partial charge in [-0.1, -0.05) is 0 Å². The lowest BCUT2D eigenvalue weighted by Gasteiger charge is -2.07. The van der Waals surface area contributed by atoms with E-state index in [2.05, 4.69) is 4.98 Å². The topological polar surface area (TPSA) is 62.3 Å². The largest absolute Gasteiger partial charge is 0.454 e. The molecular weight excluding hydrogens is 280 g/mol. The van der Waals surface area contributed by atoms with Gasteiger partial charge in [-0.15, -0.1) is 0 Å². The summed E-state index contributed by atoms with van der Waals surface area (Å²) in [4.78, 5) is 3.95. The summed E-state index contributed by atoms with van der Waals surface area (Å²) in [6, 6.07) is 7.07. The summed E-state index contributed by atoms with van der Waals surface area (Å²) in [7, 11) is 0. The number of anilines is 1. The smallest absolute Gasteiger partial charge is 0.231 e. The maximum Gasteiger partial charge on any atom is 0.231 e. The third-order valence-electron chi connectivity index (χ3n) is 3.32. The van der Waals surface area contributed by atoms with Gasteiger partial charge >= 0.3 is 0 Å². The fourth-order valence-electron chi connectivity index (χ4n) is 2.42. The molecule has 3 aromatic rings. The quantitative estimate of drug-likeness (QED) is 0.748. The molecule has 2 heterocycles. The zero-order valence-electron chi connectivity index (χ0n) is 10.6. The summed E-state index contributed by atoms with van der Waals surface area (Å²) in [5, 5.41) is 0. The molecule has 0 saturated carbocycles. The molecule has 21 heavy (non-hydrogen) atoms. The Morgan fingerprint density at radius 2 is 1.90 bits per heavy atom. The van der Waals surface area contributed by atoms with Crippen LogP contribution in [0.2, 0.25) is 0 Å². The van der Waals surface area contributed by atoms with E-state index in [1.807, 2.05) is 0 Å². The Labute approximate surface area is 117 Å². The number of hydrogen-bond donors (Lipinski definition) is 1. The SMILES string of the molecule is Nc1nc2c(F)cc(F)cc2n1-c1ccc2c(c1)OCO2. The highest BCUT2D eigenvalue weighted by Crippen LogP contribution is 2.35. The summed E-state index contributed by atoms with van der Waals surface area (Å²) in [6.07, 6.45) is 0. The van der Waals surface area contributed by atoms with Gasteiger partial charge < -0.3 is 15.2 Å². The molecule has 0 saturated heterocycles. The van der Waals surface area contributed by atoms with E-state index >= 15 is 0 Å². The van der Waals surface area contributed by atoms with Crippen molar-refractivity contribution < 1.29 is 18.3 Å². The molecule has 106 valence electrons. The molecular formula is C14H9F2N3O2. The minimum absolute atomic E-state index is 0.0200. The minimum Gasteiger partial charge on any atom is -0.454 e. The van der Waals surface area contributed by atoms with Crippen LogP contribution in [0, 0.1) is 11.6 Å². The average molecular weight is 289 g/mol. The number of fused-ring (bicyclic) bond motifs is 2. The van der Waals surface area contributed by atoms with Crippen LogP contribution in [0.3, 0.4) is 0 Å². The molecule has 0 fully saturated rings. The Balaban J connectivity index is 2.00. The number of benzene rings is 2. The fraction of sp³-hybridized carbons (Fsp3) is 0.0714. The van der Waals surface area contributed by atoms with Crippen molar-refractivity contribution in [1.29, 1.82) is 0 Å². The third-order valence-corrected chi connectivity index (χ3v) is 3.32. The van der Waals surface area contributed by atoms with Crippen LogP contribution < -0.4 is 15.2 Å². The maximum atomic E-state index is 13.8. The first-order valence-corrected chi connectivity index (χ1v) is 6.16. The predicted molar refractivity (Wildman–Crippen MR) is 71.5 cm³/mol. The van der Waals surface area contributed by atoms with Crippen LogP contribution >= 0.6 is 0 Å². The van der Waals surface area contributed by atoms with Gasteiger partial charge in [0.15, 0.2) is 17.3 Å². The fourth-order valence-corrected chi connectivity index (χ4v) is 2.42. The monoisotopic (exact) mass is 289 g/mol. The van der Waals surface area contributed by atoms with Crippen molar-refractivity contribution in [2.75, 3.05) is 12.5 Å². The summed E-state index contributed by atoms with van der Waals surface area (Å²) in [5.41, 5.74) is 6.70. The predicted octanol–water partition coefficient (Wildman–Crippen LogP) is 2.61. The number of nitrogens with zero attached hydrogens (tertiary/aromatic N) is 2. The molecule has 2 N–H and O–H groups in total. The average Bonchev–Trinajstić information content (AvgIpc) is 3.01. The number of nitrogens with two attached hydrogens (primary N) is 1. The first kappa shape index (κ1) is 12.0. The molecule has 0 unspecified atom stereocenters. The van der Waals surface area contributed by atoms with Gasteiger partial charge in [0.25, 0.3) is 0 Å². The van der Waals surface area contributed by atoms with Gasteiger partial charge in [-0.3, -0.25) is 4.57 Å². The maximum absolute atomic E-state index is 13.8. The Bertz CT molecular complexity index is 876. The van der Waals surface area contributed by atoms with E-state index in [1.165, 1.54) is 10.6 Å². The summed E-state index contributed by atoms with van der Waals surface area (Å²) in [5.74, 6) is -0.226. The molecule has 0 spiro atoms. The van der Waals surface area contributed by atoms with Crippen LogP contribution in [0.4, 0.5) is 14.7 Å². The first-order chi connectivity index (χ1) is 10.1. The van der Waals surface area contributed by atoms with Crippen molar-refractivity contribution in [3.05, 3.63) is 42.0 Å². The lowest BCUT2D eigenvalue weighted by molar-refractivity contribution is 0.174. The second kappa shape index (κ2) is 4.08. The van der Waals surface area contributed by atoms with Crippen LogP contribution in [0.5, 0.6) is 11.5 Å². The van der Waals surface area contributed by atoms with Gasteiger partial charge in [0, 0.05) is 18.2 Å². The van der Waals surface area contributed by atoms with Crippen molar-refractivity contribution in [3.63, 3.8) is 0 Å². The van der Waals surface area contributed by atoms with Crippen molar-refractivity contribution in [3.8, 4) is 17.2 Å². The molecule has 1 aliphatic rings. The van der Waals surface area contributed by atoms with E-state index in [1.54, 1.807) is 18.2 Å². The summed E-state index contributed by atoms with van der Waals surface area (Å²) >= 11 is 0. The molecule has 0 atom stereocenters. The Hall–Kier alpha value is -2.83. The number of imidazole rings is 1. The molecule has 1 aromatic heterocycles. The molecule has 4 rings (SSSR count). The molecule has 1 aliphatic heterocycles. The molecule has 2 aromatic carbocycles. The first-order valence-electron chi connectivity index (χ1n) is 6.16. The Morgan fingerprint density at radius 1 is 1.10 bits per heavy atom. The zero-order valence-corrected chi connectivity index (χ0v) is 10.6. The van der Waals surface area contributed by atoms with Crippen molar-refractivity contribution in [2.24, 2.45) is 0 Å². The van der Waals surface area contributed by atoms with E-state index in [-0.39, 0.29) is 23.8 Å².